The Morgan fingerprint density at radius 3 is 2.65 bits per heavy atom. The SMILES string of the molecule is Cc1nc(CN2CCN(C)C3(CCC(=O)N(CC4CC4)CC3)C2)n(C)n1. The van der Waals surface area contributed by atoms with Crippen molar-refractivity contribution in [2.24, 2.45) is 13.0 Å². The van der Waals surface area contributed by atoms with Crippen molar-refractivity contribution in [3.8, 4) is 0 Å². The lowest BCUT2D eigenvalue weighted by molar-refractivity contribution is -0.131. The molecule has 26 heavy (non-hydrogen) atoms. The Hall–Kier alpha value is -1.47. The molecule has 1 amide bonds. The summed E-state index contributed by atoms with van der Waals surface area (Å²) in [5, 5.41) is 4.38. The molecule has 1 aromatic rings. The van der Waals surface area contributed by atoms with Crippen LogP contribution in [0.1, 0.15) is 43.8 Å². The van der Waals surface area contributed by atoms with Crippen molar-refractivity contribution in [1.82, 2.24) is 29.5 Å². The molecule has 1 unspecified atom stereocenters. The van der Waals surface area contributed by atoms with Gasteiger partial charge in [0.15, 0.2) is 0 Å². The number of likely N-dealkylation sites (N-methyl/N-ethyl adjacent to an activating group) is 1. The van der Waals surface area contributed by atoms with Gasteiger partial charge in [-0.1, -0.05) is 0 Å². The molecule has 2 saturated heterocycles. The highest BCUT2D eigenvalue weighted by Gasteiger charge is 2.43. The number of carbonyl (C=O) groups is 1. The van der Waals surface area contributed by atoms with Crippen LogP contribution < -0.4 is 0 Å². The van der Waals surface area contributed by atoms with Gasteiger partial charge in [0.05, 0.1) is 6.54 Å². The number of piperazine rings is 1. The molecule has 1 spiro atoms. The lowest BCUT2D eigenvalue weighted by Crippen LogP contribution is -2.60. The minimum absolute atomic E-state index is 0.111. The average Bonchev–Trinajstić information content (AvgIpc) is 3.38. The summed E-state index contributed by atoms with van der Waals surface area (Å²) in [4.78, 5) is 24.3. The summed E-state index contributed by atoms with van der Waals surface area (Å²) in [5.41, 5.74) is 0.111. The van der Waals surface area contributed by atoms with Crippen molar-refractivity contribution in [3.63, 3.8) is 0 Å². The fourth-order valence-corrected chi connectivity index (χ4v) is 4.61. The van der Waals surface area contributed by atoms with E-state index < -0.39 is 0 Å². The first-order valence-electron chi connectivity index (χ1n) is 10.0. The molecule has 1 saturated carbocycles. The largest absolute Gasteiger partial charge is 0.342 e. The molecule has 7 heteroatoms. The monoisotopic (exact) mass is 360 g/mol. The zero-order valence-corrected chi connectivity index (χ0v) is 16.4. The van der Waals surface area contributed by atoms with Crippen LogP contribution in [0, 0.1) is 12.8 Å². The topological polar surface area (TPSA) is 57.5 Å². The van der Waals surface area contributed by atoms with Gasteiger partial charge in [-0.3, -0.25) is 19.3 Å². The van der Waals surface area contributed by atoms with Gasteiger partial charge in [-0.15, -0.1) is 0 Å². The Kier molecular flexibility index (Phi) is 4.77. The summed E-state index contributed by atoms with van der Waals surface area (Å²) in [6.45, 7) is 7.79. The van der Waals surface area contributed by atoms with E-state index in [2.05, 4.69) is 31.8 Å². The number of amides is 1. The van der Waals surface area contributed by atoms with Crippen LogP contribution in [0.25, 0.3) is 0 Å². The number of hydrogen-bond donors (Lipinski definition) is 0. The molecule has 2 aliphatic heterocycles. The smallest absolute Gasteiger partial charge is 0.222 e. The van der Waals surface area contributed by atoms with Crippen LogP contribution >= 0.6 is 0 Å². The Morgan fingerprint density at radius 1 is 1.15 bits per heavy atom. The molecule has 7 nitrogen and oxygen atoms in total. The van der Waals surface area contributed by atoms with E-state index in [1.54, 1.807) is 0 Å². The first kappa shape index (κ1) is 17.9. The predicted molar refractivity (Wildman–Crippen MR) is 99.5 cm³/mol. The molecule has 0 radical (unpaired) electrons. The first-order chi connectivity index (χ1) is 12.4. The highest BCUT2D eigenvalue weighted by molar-refractivity contribution is 5.76. The molecule has 0 aromatic carbocycles. The maximum atomic E-state index is 12.6. The molecule has 1 atom stereocenters. The zero-order valence-electron chi connectivity index (χ0n) is 16.4. The third-order valence-corrected chi connectivity index (χ3v) is 6.58. The van der Waals surface area contributed by atoms with E-state index in [9.17, 15) is 4.79 Å². The van der Waals surface area contributed by atoms with Crippen LogP contribution in [0.3, 0.4) is 0 Å². The number of aryl methyl sites for hydroxylation is 2. The van der Waals surface area contributed by atoms with Gasteiger partial charge in [0, 0.05) is 51.7 Å². The van der Waals surface area contributed by atoms with E-state index in [1.807, 2.05) is 18.7 Å². The van der Waals surface area contributed by atoms with E-state index in [-0.39, 0.29) is 5.54 Å². The number of nitrogens with zero attached hydrogens (tertiary/aromatic N) is 6. The van der Waals surface area contributed by atoms with Crippen LogP contribution in [0.2, 0.25) is 0 Å². The highest BCUT2D eigenvalue weighted by atomic mass is 16.2. The van der Waals surface area contributed by atoms with Gasteiger partial charge in [-0.05, 0) is 45.6 Å². The third kappa shape index (κ3) is 3.64. The van der Waals surface area contributed by atoms with Gasteiger partial charge in [-0.25, -0.2) is 4.98 Å². The number of hydrogen-bond acceptors (Lipinski definition) is 5. The van der Waals surface area contributed by atoms with E-state index in [0.717, 1.165) is 69.7 Å². The standard InChI is InChI=1S/C19H32N6O/c1-15-20-17(23(3)21-15)13-24-11-10-22(2)19(14-24)7-6-18(26)25(9-8-19)12-16-4-5-16/h16H,4-14H2,1-3H3. The van der Waals surface area contributed by atoms with Gasteiger partial charge in [0.1, 0.15) is 11.6 Å². The molecule has 4 rings (SSSR count). The second-order valence-electron chi connectivity index (χ2n) is 8.59. The van der Waals surface area contributed by atoms with E-state index in [4.69, 9.17) is 0 Å². The number of aromatic nitrogens is 3. The van der Waals surface area contributed by atoms with E-state index in [1.165, 1.54) is 12.8 Å². The van der Waals surface area contributed by atoms with Crippen LogP contribution in [-0.4, -0.2) is 80.7 Å². The summed E-state index contributed by atoms with van der Waals surface area (Å²) in [6.07, 6.45) is 5.35. The van der Waals surface area contributed by atoms with Crippen LogP contribution in [-0.2, 0) is 18.4 Å². The lowest BCUT2D eigenvalue weighted by Gasteiger charge is -2.49. The molecule has 144 valence electrons. The van der Waals surface area contributed by atoms with Crippen LogP contribution in [0.15, 0.2) is 0 Å². The van der Waals surface area contributed by atoms with Crippen LogP contribution in [0.5, 0.6) is 0 Å². The van der Waals surface area contributed by atoms with Crippen molar-refractivity contribution in [2.75, 3.05) is 39.8 Å². The second-order valence-corrected chi connectivity index (χ2v) is 8.59. The van der Waals surface area contributed by atoms with E-state index in [0.29, 0.717) is 12.3 Å². The molecular formula is C19H32N6O. The minimum atomic E-state index is 0.111. The van der Waals surface area contributed by atoms with Crippen molar-refractivity contribution in [3.05, 3.63) is 11.6 Å². The van der Waals surface area contributed by atoms with Crippen molar-refractivity contribution in [2.45, 2.75) is 51.1 Å². The van der Waals surface area contributed by atoms with Crippen molar-refractivity contribution in [1.29, 1.82) is 0 Å². The van der Waals surface area contributed by atoms with Gasteiger partial charge in [0.2, 0.25) is 5.91 Å². The second kappa shape index (κ2) is 6.93. The summed E-state index contributed by atoms with van der Waals surface area (Å²) in [5.74, 6) is 3.00. The summed E-state index contributed by atoms with van der Waals surface area (Å²) in [7, 11) is 4.21. The molecule has 1 aromatic heterocycles. The summed E-state index contributed by atoms with van der Waals surface area (Å²) in [6, 6.07) is 0. The Morgan fingerprint density at radius 2 is 1.96 bits per heavy atom. The minimum Gasteiger partial charge on any atom is -0.342 e. The Balaban J connectivity index is 1.45. The fourth-order valence-electron chi connectivity index (χ4n) is 4.61. The Labute approximate surface area is 156 Å². The Bertz CT molecular complexity index is 669. The average molecular weight is 361 g/mol. The molecule has 1 aliphatic carbocycles. The predicted octanol–water partition coefficient (Wildman–Crippen LogP) is 1.03. The van der Waals surface area contributed by atoms with E-state index >= 15 is 0 Å². The lowest BCUT2D eigenvalue weighted by atomic mass is 9.86. The van der Waals surface area contributed by atoms with Gasteiger partial charge >= 0.3 is 0 Å². The van der Waals surface area contributed by atoms with Crippen molar-refractivity contribution >= 4 is 5.91 Å². The van der Waals surface area contributed by atoms with Gasteiger partial charge in [-0.2, -0.15) is 5.10 Å². The highest BCUT2D eigenvalue weighted by Crippen LogP contribution is 2.35. The molecule has 3 aliphatic rings. The quantitative estimate of drug-likeness (QED) is 0.803. The molecule has 0 N–H and O–H groups in total. The third-order valence-electron chi connectivity index (χ3n) is 6.58. The molecular weight excluding hydrogens is 328 g/mol. The summed E-state index contributed by atoms with van der Waals surface area (Å²) >= 11 is 0. The first-order valence-corrected chi connectivity index (χ1v) is 10.0. The zero-order chi connectivity index (χ0) is 18.3. The fraction of sp³-hybridized carbons (Fsp3) is 0.842. The van der Waals surface area contributed by atoms with Gasteiger partial charge in [0.25, 0.3) is 0 Å². The molecule has 0 bridgehead atoms. The number of rotatable bonds is 4. The summed E-state index contributed by atoms with van der Waals surface area (Å²) < 4.78 is 1.90. The molecule has 3 heterocycles. The molecule has 3 fully saturated rings. The van der Waals surface area contributed by atoms with Crippen molar-refractivity contribution < 1.29 is 4.79 Å². The van der Waals surface area contributed by atoms with Gasteiger partial charge < -0.3 is 4.90 Å². The maximum Gasteiger partial charge on any atom is 0.222 e. The number of likely N-dealkylation sites (tertiary alicyclic amines) is 1. The number of carbonyl (C=O) groups excluding carboxylic acids is 1. The normalized spacial score (nSPS) is 28.7. The van der Waals surface area contributed by atoms with Crippen LogP contribution in [0.4, 0.5) is 0 Å². The maximum absolute atomic E-state index is 12.6.